The molecule has 64 heavy (non-hydrogen) atoms. The van der Waals surface area contributed by atoms with Crippen LogP contribution in [0.4, 0.5) is 17.1 Å². The quantitative estimate of drug-likeness (QED) is 0.167. The molecule has 1 aliphatic rings. The van der Waals surface area contributed by atoms with Crippen molar-refractivity contribution in [3.8, 4) is 34.2 Å². The molecule has 1 aliphatic heterocycles. The summed E-state index contributed by atoms with van der Waals surface area (Å²) >= 11 is 0. The second-order valence-corrected chi connectivity index (χ2v) is 16.8. The highest BCUT2D eigenvalue weighted by Crippen LogP contribution is 2.60. The van der Waals surface area contributed by atoms with Gasteiger partial charge in [0.2, 0.25) is 0 Å². The molecule has 0 saturated heterocycles. The Labute approximate surface area is 372 Å². The highest BCUT2D eigenvalue weighted by atomic mass is 16.3. The van der Waals surface area contributed by atoms with Crippen LogP contribution in [0.1, 0.15) is 38.9 Å². The molecule has 0 saturated carbocycles. The second kappa shape index (κ2) is 14.7. The van der Waals surface area contributed by atoms with E-state index in [9.17, 15) is 0 Å². The van der Waals surface area contributed by atoms with Crippen LogP contribution in [-0.2, 0) is 5.41 Å². The van der Waals surface area contributed by atoms with Crippen LogP contribution in [0.2, 0.25) is 0 Å². The van der Waals surface area contributed by atoms with Crippen LogP contribution < -0.4 is 4.90 Å². The largest absolute Gasteiger partial charge is 0.456 e. The first-order valence-electron chi connectivity index (χ1n) is 21.9. The summed E-state index contributed by atoms with van der Waals surface area (Å²) in [6.45, 7) is 6.62. The molecule has 9 aromatic carbocycles. The van der Waals surface area contributed by atoms with Crippen molar-refractivity contribution in [1.29, 1.82) is 0 Å². The third-order valence-corrected chi connectivity index (χ3v) is 13.3. The fourth-order valence-corrected chi connectivity index (χ4v) is 10.4. The van der Waals surface area contributed by atoms with Gasteiger partial charge >= 0.3 is 0 Å². The molecule has 0 aliphatic carbocycles. The maximum atomic E-state index is 7.08. The van der Waals surface area contributed by atoms with Crippen molar-refractivity contribution in [3.05, 3.63) is 239 Å². The number of nitrogens with zero attached hydrogens (tertiary/aromatic N) is 4. The predicted octanol–water partition coefficient (Wildman–Crippen LogP) is 15.0. The molecule has 5 heteroatoms. The minimum Gasteiger partial charge on any atom is -0.456 e. The summed E-state index contributed by atoms with van der Waals surface area (Å²) in [5, 5.41) is 4.61. The zero-order valence-corrected chi connectivity index (χ0v) is 35.7. The maximum Gasteiger partial charge on any atom is 0.164 e. The molecular weight excluding hydrogens is 781 g/mol. The molecular formula is C59H42N4O. The van der Waals surface area contributed by atoms with Crippen LogP contribution in [0.15, 0.2) is 205 Å². The van der Waals surface area contributed by atoms with Gasteiger partial charge in [0, 0.05) is 38.7 Å². The summed E-state index contributed by atoms with van der Waals surface area (Å²) in [4.78, 5) is 17.8. The molecule has 0 bridgehead atoms. The number of aromatic nitrogens is 3. The van der Waals surface area contributed by atoms with Crippen molar-refractivity contribution < 1.29 is 4.42 Å². The lowest BCUT2D eigenvalue weighted by atomic mass is 9.62. The van der Waals surface area contributed by atoms with Gasteiger partial charge in [0.25, 0.3) is 0 Å². The van der Waals surface area contributed by atoms with Gasteiger partial charge < -0.3 is 9.32 Å². The fourth-order valence-electron chi connectivity index (χ4n) is 10.4. The van der Waals surface area contributed by atoms with Crippen molar-refractivity contribution >= 4 is 49.8 Å². The Morgan fingerprint density at radius 3 is 1.59 bits per heavy atom. The molecule has 5 nitrogen and oxygen atoms in total. The SMILES string of the molecule is Cc1cc(N2c3ccccc3C(c3ccccc3)(c3cc4ccccc4c4c3oc3ccccc34)c3ccccc32)c(C)c(C)c1-c1nc(-c2ccccc2)nc(-c2ccccc2)n1. The number of para-hydroxylation sites is 3. The highest BCUT2D eigenvalue weighted by molar-refractivity contribution is 6.20. The van der Waals surface area contributed by atoms with Crippen LogP contribution in [0.25, 0.3) is 66.9 Å². The molecule has 0 radical (unpaired) electrons. The minimum absolute atomic E-state index is 0.647. The molecule has 0 atom stereocenters. The van der Waals surface area contributed by atoms with E-state index in [1.807, 2.05) is 36.4 Å². The lowest BCUT2D eigenvalue weighted by Gasteiger charge is -2.47. The van der Waals surface area contributed by atoms with Crippen molar-refractivity contribution in [2.24, 2.45) is 0 Å². The van der Waals surface area contributed by atoms with E-state index in [-0.39, 0.29) is 0 Å². The Morgan fingerprint density at radius 1 is 0.438 bits per heavy atom. The van der Waals surface area contributed by atoms with E-state index in [1.54, 1.807) is 0 Å². The van der Waals surface area contributed by atoms with Crippen LogP contribution in [-0.4, -0.2) is 15.0 Å². The molecule has 12 rings (SSSR count). The second-order valence-electron chi connectivity index (χ2n) is 16.8. The molecule has 304 valence electrons. The van der Waals surface area contributed by atoms with E-state index < -0.39 is 5.41 Å². The Balaban J connectivity index is 1.12. The first kappa shape index (κ1) is 37.6. The molecule has 0 amide bonds. The van der Waals surface area contributed by atoms with Crippen LogP contribution in [0.5, 0.6) is 0 Å². The zero-order valence-electron chi connectivity index (χ0n) is 35.7. The van der Waals surface area contributed by atoms with Crippen molar-refractivity contribution in [3.63, 3.8) is 0 Å². The molecule has 0 spiro atoms. The van der Waals surface area contributed by atoms with Crippen LogP contribution in [0, 0.1) is 20.8 Å². The van der Waals surface area contributed by atoms with E-state index >= 15 is 0 Å². The number of fused-ring (bicyclic) bond motifs is 7. The average Bonchev–Trinajstić information content (AvgIpc) is 3.75. The van der Waals surface area contributed by atoms with Crippen LogP contribution in [0.3, 0.4) is 0 Å². The number of benzene rings is 9. The zero-order chi connectivity index (χ0) is 42.9. The first-order valence-corrected chi connectivity index (χ1v) is 21.9. The molecule has 0 unspecified atom stereocenters. The molecule has 11 aromatic rings. The number of aryl methyl sites for hydroxylation is 1. The van der Waals surface area contributed by atoms with E-state index in [0.29, 0.717) is 17.5 Å². The standard InChI is InChI=1S/C59H42N4O/c1-37-35-51(38(2)39(3)53(37)58-61-56(40-21-7-4-8-22-40)60-57(62-58)41-23-9-5-10-24-41)63-49-32-18-16-30-46(49)59(43-26-11-6-12-27-43,47-31-17-19-33-50(47)63)48-36-42-25-13-14-28-44(42)54-45-29-15-20-34-52(45)64-55(48)54/h4-36H,1-3H3. The third-order valence-electron chi connectivity index (χ3n) is 13.3. The number of furan rings is 1. The summed E-state index contributed by atoms with van der Waals surface area (Å²) < 4.78 is 7.08. The summed E-state index contributed by atoms with van der Waals surface area (Å²) in [6.07, 6.45) is 0. The summed E-state index contributed by atoms with van der Waals surface area (Å²) in [5.74, 6) is 1.95. The van der Waals surface area contributed by atoms with Gasteiger partial charge in [-0.05, 0) is 95.3 Å². The van der Waals surface area contributed by atoms with Gasteiger partial charge in [-0.1, -0.05) is 170 Å². The van der Waals surface area contributed by atoms with Crippen molar-refractivity contribution in [2.45, 2.75) is 26.2 Å². The first-order chi connectivity index (χ1) is 31.5. The number of rotatable bonds is 6. The summed E-state index contributed by atoms with van der Waals surface area (Å²) in [5.41, 5.74) is 15.2. The Hall–Kier alpha value is -8.15. The normalized spacial score (nSPS) is 13.0. The van der Waals surface area contributed by atoms with Crippen molar-refractivity contribution in [1.82, 2.24) is 15.0 Å². The van der Waals surface area contributed by atoms with Gasteiger partial charge in [-0.2, -0.15) is 0 Å². The van der Waals surface area contributed by atoms with E-state index in [1.165, 1.54) is 27.5 Å². The number of hydrogen-bond acceptors (Lipinski definition) is 5. The van der Waals surface area contributed by atoms with Gasteiger partial charge in [0.15, 0.2) is 17.5 Å². The predicted molar refractivity (Wildman–Crippen MR) is 262 cm³/mol. The number of hydrogen-bond donors (Lipinski definition) is 0. The minimum atomic E-state index is -0.758. The Morgan fingerprint density at radius 2 is 0.953 bits per heavy atom. The molecule has 0 N–H and O–H groups in total. The van der Waals surface area contributed by atoms with Gasteiger partial charge in [-0.15, -0.1) is 0 Å². The van der Waals surface area contributed by atoms with Gasteiger partial charge in [-0.25, -0.2) is 15.0 Å². The highest BCUT2D eigenvalue weighted by Gasteiger charge is 2.48. The number of anilines is 3. The van der Waals surface area contributed by atoms with Gasteiger partial charge in [-0.3, -0.25) is 0 Å². The van der Waals surface area contributed by atoms with E-state index in [2.05, 4.69) is 189 Å². The lowest BCUT2D eigenvalue weighted by molar-refractivity contribution is 0.644. The van der Waals surface area contributed by atoms with E-state index in [0.717, 1.165) is 77.9 Å². The monoisotopic (exact) mass is 822 g/mol. The Kier molecular flexibility index (Phi) is 8.66. The average molecular weight is 823 g/mol. The lowest BCUT2D eigenvalue weighted by Crippen LogP contribution is -2.38. The molecule has 2 aromatic heterocycles. The molecule has 3 heterocycles. The van der Waals surface area contributed by atoms with Gasteiger partial charge in [0.05, 0.1) is 16.8 Å². The summed E-state index contributed by atoms with van der Waals surface area (Å²) in [6, 6.07) is 71.1. The molecule has 0 fully saturated rings. The fraction of sp³-hybridized carbons (Fsp3) is 0.0678. The smallest absolute Gasteiger partial charge is 0.164 e. The van der Waals surface area contributed by atoms with Gasteiger partial charge in [0.1, 0.15) is 11.2 Å². The van der Waals surface area contributed by atoms with Crippen LogP contribution >= 0.6 is 0 Å². The maximum absolute atomic E-state index is 7.08. The summed E-state index contributed by atoms with van der Waals surface area (Å²) in [7, 11) is 0. The van der Waals surface area contributed by atoms with E-state index in [4.69, 9.17) is 19.4 Å². The van der Waals surface area contributed by atoms with Crippen molar-refractivity contribution in [2.75, 3.05) is 4.90 Å². The Bertz CT molecular complexity index is 3490. The topological polar surface area (TPSA) is 55.1 Å². The third kappa shape index (κ3) is 5.60.